The summed E-state index contributed by atoms with van der Waals surface area (Å²) in [4.78, 5) is 28.0. The summed E-state index contributed by atoms with van der Waals surface area (Å²) in [5.74, 6) is 1.03. The molecule has 27 heavy (non-hydrogen) atoms. The van der Waals surface area contributed by atoms with Crippen LogP contribution >= 0.6 is 0 Å². The van der Waals surface area contributed by atoms with Gasteiger partial charge in [0.1, 0.15) is 11.5 Å². The minimum absolute atomic E-state index is 0.0968. The largest absolute Gasteiger partial charge is 0.364 e. The van der Waals surface area contributed by atoms with E-state index in [1.165, 1.54) is 0 Å². The molecule has 0 radical (unpaired) electrons. The Kier molecular flexibility index (Phi) is 6.10. The summed E-state index contributed by atoms with van der Waals surface area (Å²) in [6.07, 6.45) is 1.75. The van der Waals surface area contributed by atoms with Gasteiger partial charge in [0.25, 0.3) is 5.91 Å². The van der Waals surface area contributed by atoms with E-state index in [2.05, 4.69) is 20.3 Å². The molecule has 138 valence electrons. The molecule has 2 aromatic heterocycles. The van der Waals surface area contributed by atoms with Crippen molar-refractivity contribution in [2.45, 2.75) is 20.4 Å². The van der Waals surface area contributed by atoms with Crippen LogP contribution in [0.4, 0.5) is 5.82 Å². The number of amides is 1. The van der Waals surface area contributed by atoms with Gasteiger partial charge in [-0.3, -0.25) is 9.78 Å². The molecule has 0 aliphatic rings. The van der Waals surface area contributed by atoms with Crippen molar-refractivity contribution < 1.29 is 4.79 Å². The zero-order chi connectivity index (χ0) is 19.1. The van der Waals surface area contributed by atoms with Crippen LogP contribution in [0.2, 0.25) is 0 Å². The molecule has 0 aliphatic carbocycles. The Bertz CT molecular complexity index is 880. The predicted octanol–water partition coefficient (Wildman–Crippen LogP) is 3.63. The highest BCUT2D eigenvalue weighted by Crippen LogP contribution is 2.19. The molecular formula is C21H23N5O. The maximum Gasteiger partial charge on any atom is 0.272 e. The van der Waals surface area contributed by atoms with Crippen LogP contribution in [0.1, 0.15) is 30.0 Å². The number of pyridine rings is 1. The number of rotatable bonds is 7. The maximum absolute atomic E-state index is 12.8. The van der Waals surface area contributed by atoms with Crippen LogP contribution in [0.15, 0.2) is 60.8 Å². The van der Waals surface area contributed by atoms with E-state index >= 15 is 0 Å². The number of carbonyl (C=O) groups is 1. The molecule has 0 saturated heterocycles. The number of hydrogen-bond donors (Lipinski definition) is 1. The van der Waals surface area contributed by atoms with Crippen LogP contribution in [0.25, 0.3) is 11.4 Å². The second-order valence-electron chi connectivity index (χ2n) is 5.98. The van der Waals surface area contributed by atoms with Crippen molar-refractivity contribution in [2.24, 2.45) is 0 Å². The van der Waals surface area contributed by atoms with Gasteiger partial charge in [-0.15, -0.1) is 0 Å². The van der Waals surface area contributed by atoms with E-state index in [9.17, 15) is 4.79 Å². The third-order valence-electron chi connectivity index (χ3n) is 4.20. The Morgan fingerprint density at radius 3 is 2.41 bits per heavy atom. The Balaban J connectivity index is 1.94. The average molecular weight is 361 g/mol. The number of nitrogens with zero attached hydrogens (tertiary/aromatic N) is 4. The summed E-state index contributed by atoms with van der Waals surface area (Å²) in [7, 11) is 0. The lowest BCUT2D eigenvalue weighted by molar-refractivity contribution is 0.0767. The van der Waals surface area contributed by atoms with E-state index < -0.39 is 0 Å². The summed E-state index contributed by atoms with van der Waals surface area (Å²) < 4.78 is 0. The molecule has 3 rings (SSSR count). The van der Waals surface area contributed by atoms with E-state index in [-0.39, 0.29) is 5.91 Å². The van der Waals surface area contributed by atoms with Gasteiger partial charge in [0.2, 0.25) is 0 Å². The van der Waals surface area contributed by atoms with Crippen molar-refractivity contribution >= 4 is 11.7 Å². The molecule has 1 N–H and O–H groups in total. The molecule has 0 spiro atoms. The van der Waals surface area contributed by atoms with Gasteiger partial charge >= 0.3 is 0 Å². The van der Waals surface area contributed by atoms with E-state index in [1.807, 2.05) is 62.4 Å². The first-order chi connectivity index (χ1) is 13.2. The highest BCUT2D eigenvalue weighted by Gasteiger charge is 2.17. The Morgan fingerprint density at radius 1 is 1.00 bits per heavy atom. The summed E-state index contributed by atoms with van der Waals surface area (Å²) >= 11 is 0. The lowest BCUT2D eigenvalue weighted by Crippen LogP contribution is -2.31. The van der Waals surface area contributed by atoms with Crippen molar-refractivity contribution in [3.63, 3.8) is 0 Å². The lowest BCUT2D eigenvalue weighted by atomic mass is 10.2. The van der Waals surface area contributed by atoms with Gasteiger partial charge in [-0.1, -0.05) is 36.4 Å². The SMILES string of the molecule is CCN(CC)C(=O)c1cc(NCc2ccccn2)nc(-c2ccccc2)n1. The number of benzene rings is 1. The molecule has 3 aromatic rings. The fourth-order valence-corrected chi connectivity index (χ4v) is 2.72. The number of nitrogens with one attached hydrogen (secondary N) is 1. The first-order valence-corrected chi connectivity index (χ1v) is 9.08. The van der Waals surface area contributed by atoms with E-state index in [4.69, 9.17) is 0 Å². The number of anilines is 1. The van der Waals surface area contributed by atoms with Crippen molar-refractivity contribution in [3.05, 3.63) is 72.2 Å². The van der Waals surface area contributed by atoms with Gasteiger partial charge < -0.3 is 10.2 Å². The summed E-state index contributed by atoms with van der Waals surface area (Å²) in [6, 6.07) is 17.1. The van der Waals surface area contributed by atoms with Crippen LogP contribution in [-0.2, 0) is 6.54 Å². The molecule has 0 aliphatic heterocycles. The molecule has 0 atom stereocenters. The van der Waals surface area contributed by atoms with Gasteiger partial charge in [0.15, 0.2) is 5.82 Å². The quantitative estimate of drug-likeness (QED) is 0.696. The second kappa shape index (κ2) is 8.89. The van der Waals surface area contributed by atoms with E-state index in [0.717, 1.165) is 11.3 Å². The Morgan fingerprint density at radius 2 is 1.74 bits per heavy atom. The standard InChI is InChI=1S/C21H23N5O/c1-3-26(4-2)21(27)18-14-19(23-15-17-12-8-9-13-22-17)25-20(24-18)16-10-6-5-7-11-16/h5-14H,3-4,15H2,1-2H3,(H,23,24,25). The third-order valence-corrected chi connectivity index (χ3v) is 4.20. The smallest absolute Gasteiger partial charge is 0.272 e. The molecule has 2 heterocycles. The summed E-state index contributed by atoms with van der Waals surface area (Å²) in [5.41, 5.74) is 2.15. The number of carbonyl (C=O) groups excluding carboxylic acids is 1. The van der Waals surface area contributed by atoms with Gasteiger partial charge in [-0.25, -0.2) is 9.97 Å². The number of hydrogen-bond acceptors (Lipinski definition) is 5. The molecule has 1 amide bonds. The highest BCUT2D eigenvalue weighted by atomic mass is 16.2. The van der Waals surface area contributed by atoms with Gasteiger partial charge in [-0.2, -0.15) is 0 Å². The third kappa shape index (κ3) is 4.67. The van der Waals surface area contributed by atoms with E-state index in [0.29, 0.717) is 37.0 Å². The minimum Gasteiger partial charge on any atom is -0.364 e. The van der Waals surface area contributed by atoms with Crippen LogP contribution < -0.4 is 5.32 Å². The maximum atomic E-state index is 12.8. The molecule has 0 bridgehead atoms. The molecule has 6 nitrogen and oxygen atoms in total. The van der Waals surface area contributed by atoms with Crippen molar-refractivity contribution in [2.75, 3.05) is 18.4 Å². The van der Waals surface area contributed by atoms with Gasteiger partial charge in [0.05, 0.1) is 12.2 Å². The van der Waals surface area contributed by atoms with Crippen LogP contribution in [0, 0.1) is 0 Å². The van der Waals surface area contributed by atoms with E-state index in [1.54, 1.807) is 17.2 Å². The van der Waals surface area contributed by atoms with Crippen molar-refractivity contribution in [1.82, 2.24) is 19.9 Å². The van der Waals surface area contributed by atoms with Gasteiger partial charge in [-0.05, 0) is 26.0 Å². The van der Waals surface area contributed by atoms with Crippen LogP contribution in [-0.4, -0.2) is 38.8 Å². The fourth-order valence-electron chi connectivity index (χ4n) is 2.72. The molecule has 1 aromatic carbocycles. The van der Waals surface area contributed by atoms with Crippen molar-refractivity contribution in [3.8, 4) is 11.4 Å². The predicted molar refractivity (Wildman–Crippen MR) is 106 cm³/mol. The minimum atomic E-state index is -0.0968. The second-order valence-corrected chi connectivity index (χ2v) is 5.98. The zero-order valence-electron chi connectivity index (χ0n) is 15.6. The van der Waals surface area contributed by atoms with Crippen molar-refractivity contribution in [1.29, 1.82) is 0 Å². The normalized spacial score (nSPS) is 10.4. The molecule has 0 saturated carbocycles. The first-order valence-electron chi connectivity index (χ1n) is 9.08. The Labute approximate surface area is 159 Å². The van der Waals surface area contributed by atoms with Crippen LogP contribution in [0.5, 0.6) is 0 Å². The molecular weight excluding hydrogens is 338 g/mol. The summed E-state index contributed by atoms with van der Waals surface area (Å²) in [6.45, 7) is 5.71. The van der Waals surface area contributed by atoms with Gasteiger partial charge in [0, 0.05) is 30.9 Å². The fraction of sp³-hybridized carbons (Fsp3) is 0.238. The summed E-state index contributed by atoms with van der Waals surface area (Å²) in [5, 5.41) is 3.26. The zero-order valence-corrected chi connectivity index (χ0v) is 15.6. The lowest BCUT2D eigenvalue weighted by Gasteiger charge is -2.19. The number of aromatic nitrogens is 3. The Hall–Kier alpha value is -3.28. The molecule has 6 heteroatoms. The molecule has 0 unspecified atom stereocenters. The molecule has 0 fully saturated rings. The topological polar surface area (TPSA) is 71.0 Å². The monoisotopic (exact) mass is 361 g/mol. The first kappa shape index (κ1) is 18.5. The average Bonchev–Trinajstić information content (AvgIpc) is 2.74. The highest BCUT2D eigenvalue weighted by molar-refractivity contribution is 5.93. The van der Waals surface area contributed by atoms with Crippen LogP contribution in [0.3, 0.4) is 0 Å².